The minimum Gasteiger partial charge on any atom is -0.335 e. The van der Waals surface area contributed by atoms with Crippen molar-refractivity contribution in [3.63, 3.8) is 0 Å². The minimum absolute atomic E-state index is 0.288. The van der Waals surface area contributed by atoms with Crippen molar-refractivity contribution in [3.8, 4) is 11.3 Å². The van der Waals surface area contributed by atoms with Crippen LogP contribution in [0.3, 0.4) is 0 Å². The molecule has 0 unspecified atom stereocenters. The largest absolute Gasteiger partial charge is 0.335 e. The molecule has 0 radical (unpaired) electrons. The Morgan fingerprint density at radius 2 is 1.93 bits per heavy atom. The van der Waals surface area contributed by atoms with Gasteiger partial charge in [-0.3, -0.25) is 10.1 Å². The Bertz CT molecular complexity index is 1180. The van der Waals surface area contributed by atoms with Crippen molar-refractivity contribution in [2.24, 2.45) is 5.92 Å². The fourth-order valence-electron chi connectivity index (χ4n) is 3.05. The van der Waals surface area contributed by atoms with Crippen LogP contribution in [0.2, 0.25) is 0 Å². The van der Waals surface area contributed by atoms with E-state index >= 15 is 0 Å². The fourth-order valence-corrected chi connectivity index (χ4v) is 3.99. The van der Waals surface area contributed by atoms with Gasteiger partial charge >= 0.3 is 0 Å². The molecule has 0 aliphatic rings. The second-order valence-corrected chi connectivity index (χ2v) is 8.48. The van der Waals surface area contributed by atoms with E-state index < -0.39 is 0 Å². The number of pyridine rings is 1. The van der Waals surface area contributed by atoms with Crippen molar-refractivity contribution in [1.29, 1.82) is 0 Å². The molecule has 1 aromatic carbocycles. The van der Waals surface area contributed by atoms with Gasteiger partial charge in [-0.2, -0.15) is 0 Å². The number of hydrogen-bond donors (Lipinski definition) is 1. The molecule has 0 bridgehead atoms. The zero-order valence-corrected chi connectivity index (χ0v) is 17.5. The molecule has 1 N–H and O–H groups in total. The number of carbonyl (C=O) groups excluding carboxylic acids is 1. The highest BCUT2D eigenvalue weighted by atomic mass is 32.1. The van der Waals surface area contributed by atoms with Gasteiger partial charge < -0.3 is 4.52 Å². The summed E-state index contributed by atoms with van der Waals surface area (Å²) in [6, 6.07) is 9.71. The number of nitrogens with one attached hydrogen (secondary N) is 1. The van der Waals surface area contributed by atoms with Gasteiger partial charge in [-0.25, -0.2) is 4.98 Å². The van der Waals surface area contributed by atoms with Gasteiger partial charge in [0, 0.05) is 12.0 Å². The maximum Gasteiger partial charge on any atom is 0.259 e. The highest BCUT2D eigenvalue weighted by molar-refractivity contribution is 7.15. The topological polar surface area (TPSA) is 93.8 Å². The highest BCUT2D eigenvalue weighted by Crippen LogP contribution is 2.28. The summed E-state index contributed by atoms with van der Waals surface area (Å²) in [5.41, 5.74) is 4.10. The summed E-state index contributed by atoms with van der Waals surface area (Å²) in [5, 5.41) is 17.1. The third-order valence-corrected chi connectivity index (χ3v) is 5.34. The Hall–Kier alpha value is -3.13. The molecule has 4 rings (SSSR count). The second-order valence-electron chi connectivity index (χ2n) is 7.42. The number of benzene rings is 1. The zero-order chi connectivity index (χ0) is 20.5. The average Bonchev–Trinajstić information content (AvgIpc) is 3.27. The summed E-state index contributed by atoms with van der Waals surface area (Å²) in [6.07, 6.45) is 0.829. The normalized spacial score (nSPS) is 11.3. The predicted molar refractivity (Wildman–Crippen MR) is 113 cm³/mol. The van der Waals surface area contributed by atoms with E-state index in [1.165, 1.54) is 11.3 Å². The van der Waals surface area contributed by atoms with Crippen molar-refractivity contribution in [2.45, 2.75) is 34.1 Å². The Balaban J connectivity index is 1.71. The molecule has 0 fully saturated rings. The molecule has 0 saturated heterocycles. The molecule has 3 heterocycles. The first-order valence-electron chi connectivity index (χ1n) is 9.38. The van der Waals surface area contributed by atoms with E-state index in [4.69, 9.17) is 4.52 Å². The van der Waals surface area contributed by atoms with Crippen molar-refractivity contribution in [2.75, 3.05) is 5.32 Å². The van der Waals surface area contributed by atoms with Crippen molar-refractivity contribution < 1.29 is 9.32 Å². The van der Waals surface area contributed by atoms with Crippen LogP contribution in [0.15, 0.2) is 34.9 Å². The lowest BCUT2D eigenvalue weighted by atomic mass is 10.0. The summed E-state index contributed by atoms with van der Waals surface area (Å²) in [4.78, 5) is 17.6. The summed E-state index contributed by atoms with van der Waals surface area (Å²) in [6.45, 7) is 8.06. The van der Waals surface area contributed by atoms with Gasteiger partial charge in [0.15, 0.2) is 0 Å². The number of aromatic nitrogens is 4. The van der Waals surface area contributed by atoms with Gasteiger partial charge in [-0.1, -0.05) is 60.2 Å². The van der Waals surface area contributed by atoms with Gasteiger partial charge in [0.25, 0.3) is 11.6 Å². The smallest absolute Gasteiger partial charge is 0.259 e. The minimum atomic E-state index is -0.288. The van der Waals surface area contributed by atoms with Gasteiger partial charge in [-0.15, -0.1) is 10.2 Å². The van der Waals surface area contributed by atoms with Crippen LogP contribution in [-0.4, -0.2) is 26.2 Å². The van der Waals surface area contributed by atoms with E-state index in [1.807, 2.05) is 31.2 Å². The molecular formula is C21H21N5O2S. The summed E-state index contributed by atoms with van der Waals surface area (Å²) < 4.78 is 5.36. The molecule has 4 aromatic rings. The van der Waals surface area contributed by atoms with Gasteiger partial charge in [-0.05, 0) is 25.8 Å². The predicted octanol–water partition coefficient (Wildman–Crippen LogP) is 4.81. The standard InChI is InChI=1S/C21H21N5O2S/c1-11(2)9-17-24-25-21(29-17)23-19(27)15-10-16(14-7-5-12(3)6-8-14)22-20-18(15)13(4)26-28-20/h5-8,10-11H,9H2,1-4H3,(H,23,25,27). The molecule has 0 spiro atoms. The maximum absolute atomic E-state index is 13.1. The lowest BCUT2D eigenvalue weighted by Gasteiger charge is -2.07. The third kappa shape index (κ3) is 4.02. The number of rotatable bonds is 5. The Morgan fingerprint density at radius 1 is 1.17 bits per heavy atom. The fraction of sp³-hybridized carbons (Fsp3) is 0.286. The Labute approximate surface area is 172 Å². The van der Waals surface area contributed by atoms with Crippen molar-refractivity contribution >= 4 is 33.5 Å². The first kappa shape index (κ1) is 19.2. The van der Waals surface area contributed by atoms with E-state index in [1.54, 1.807) is 13.0 Å². The maximum atomic E-state index is 13.1. The number of nitrogens with zero attached hydrogens (tertiary/aromatic N) is 4. The first-order chi connectivity index (χ1) is 13.9. The second kappa shape index (κ2) is 7.71. The van der Waals surface area contributed by atoms with E-state index in [9.17, 15) is 4.79 Å². The van der Waals surface area contributed by atoms with E-state index in [0.717, 1.165) is 22.6 Å². The van der Waals surface area contributed by atoms with E-state index in [-0.39, 0.29) is 5.91 Å². The lowest BCUT2D eigenvalue weighted by molar-refractivity contribution is 0.102. The van der Waals surface area contributed by atoms with Gasteiger partial charge in [0.1, 0.15) is 5.01 Å². The number of amides is 1. The van der Waals surface area contributed by atoms with Crippen LogP contribution in [0.1, 0.15) is 40.5 Å². The van der Waals surface area contributed by atoms with Crippen LogP contribution in [-0.2, 0) is 6.42 Å². The molecule has 1 amide bonds. The number of anilines is 1. The molecule has 29 heavy (non-hydrogen) atoms. The monoisotopic (exact) mass is 407 g/mol. The number of hydrogen-bond acceptors (Lipinski definition) is 7. The van der Waals surface area contributed by atoms with Crippen molar-refractivity contribution in [1.82, 2.24) is 20.3 Å². The van der Waals surface area contributed by atoms with E-state index in [2.05, 4.69) is 39.5 Å². The lowest BCUT2D eigenvalue weighted by Crippen LogP contribution is -2.13. The number of aryl methyl sites for hydroxylation is 2. The Morgan fingerprint density at radius 3 is 2.66 bits per heavy atom. The molecule has 148 valence electrons. The Kier molecular flexibility index (Phi) is 5.10. The molecular weight excluding hydrogens is 386 g/mol. The molecule has 7 nitrogen and oxygen atoms in total. The molecule has 0 saturated carbocycles. The van der Waals surface area contributed by atoms with Crippen LogP contribution in [0, 0.1) is 19.8 Å². The van der Waals surface area contributed by atoms with Crippen LogP contribution < -0.4 is 5.32 Å². The van der Waals surface area contributed by atoms with Crippen LogP contribution in [0.25, 0.3) is 22.4 Å². The van der Waals surface area contributed by atoms with Crippen LogP contribution in [0.4, 0.5) is 5.13 Å². The molecule has 0 atom stereocenters. The summed E-state index contributed by atoms with van der Waals surface area (Å²) in [5.74, 6) is 0.187. The molecule has 0 aliphatic carbocycles. The van der Waals surface area contributed by atoms with E-state index in [0.29, 0.717) is 39.1 Å². The van der Waals surface area contributed by atoms with Gasteiger partial charge in [0.05, 0.1) is 22.3 Å². The van der Waals surface area contributed by atoms with Crippen LogP contribution in [0.5, 0.6) is 0 Å². The van der Waals surface area contributed by atoms with Crippen molar-refractivity contribution in [3.05, 3.63) is 52.2 Å². The SMILES string of the molecule is Cc1ccc(-c2cc(C(=O)Nc3nnc(CC(C)C)s3)c3c(C)noc3n2)cc1. The zero-order valence-electron chi connectivity index (χ0n) is 16.7. The first-order valence-corrected chi connectivity index (χ1v) is 10.2. The number of carbonyl (C=O) groups is 1. The quantitative estimate of drug-likeness (QED) is 0.510. The summed E-state index contributed by atoms with van der Waals surface area (Å²) >= 11 is 1.39. The summed E-state index contributed by atoms with van der Waals surface area (Å²) in [7, 11) is 0. The van der Waals surface area contributed by atoms with Gasteiger partial charge in [0.2, 0.25) is 5.13 Å². The molecule has 3 aromatic heterocycles. The third-order valence-electron chi connectivity index (χ3n) is 4.48. The highest BCUT2D eigenvalue weighted by Gasteiger charge is 2.20. The number of fused-ring (bicyclic) bond motifs is 1. The molecule has 8 heteroatoms. The average molecular weight is 407 g/mol. The van der Waals surface area contributed by atoms with Crippen LogP contribution >= 0.6 is 11.3 Å². The molecule has 0 aliphatic heterocycles.